The number of carbonyl (C=O) groups is 1. The van der Waals surface area contributed by atoms with E-state index in [1.54, 1.807) is 29.0 Å². The predicted molar refractivity (Wildman–Crippen MR) is 98.8 cm³/mol. The minimum Gasteiger partial charge on any atom is -0.355 e. The van der Waals surface area contributed by atoms with Gasteiger partial charge in [0.05, 0.1) is 17.8 Å². The number of nitrogens with one attached hydrogen (secondary N) is 1. The molecule has 0 aliphatic rings. The van der Waals surface area contributed by atoms with Crippen LogP contribution in [0, 0.1) is 0 Å². The SMILES string of the molecule is O=C(Cc1csc(-c2ccccc2)n1)NCCc1csc2ncnn12. The third-order valence-electron chi connectivity index (χ3n) is 3.71. The highest BCUT2D eigenvalue weighted by atomic mass is 32.1. The summed E-state index contributed by atoms with van der Waals surface area (Å²) in [5.74, 6) is -0.0185. The highest BCUT2D eigenvalue weighted by Crippen LogP contribution is 2.23. The molecule has 1 N–H and O–H groups in total. The number of fused-ring (bicyclic) bond motifs is 1. The van der Waals surface area contributed by atoms with Crippen LogP contribution in [0.25, 0.3) is 15.5 Å². The number of hydrogen-bond acceptors (Lipinski definition) is 6. The molecule has 0 fully saturated rings. The molecule has 4 rings (SSSR count). The zero-order chi connectivity index (χ0) is 17.1. The lowest BCUT2D eigenvalue weighted by Gasteiger charge is -2.03. The largest absolute Gasteiger partial charge is 0.355 e. The maximum absolute atomic E-state index is 12.1. The van der Waals surface area contributed by atoms with Gasteiger partial charge in [-0.15, -0.1) is 22.7 Å². The van der Waals surface area contributed by atoms with Crippen LogP contribution < -0.4 is 5.32 Å². The van der Waals surface area contributed by atoms with E-state index in [1.165, 1.54) is 0 Å². The lowest BCUT2D eigenvalue weighted by atomic mass is 10.2. The van der Waals surface area contributed by atoms with Crippen LogP contribution in [0.15, 0.2) is 47.4 Å². The van der Waals surface area contributed by atoms with E-state index in [0.29, 0.717) is 13.0 Å². The van der Waals surface area contributed by atoms with Crippen LogP contribution in [0.1, 0.15) is 11.4 Å². The molecule has 4 aromatic rings. The van der Waals surface area contributed by atoms with Crippen molar-refractivity contribution in [1.29, 1.82) is 0 Å². The molecule has 126 valence electrons. The molecule has 3 aromatic heterocycles. The lowest BCUT2D eigenvalue weighted by molar-refractivity contribution is -0.120. The number of thiazole rings is 2. The second kappa shape index (κ2) is 7.12. The zero-order valence-electron chi connectivity index (χ0n) is 13.3. The van der Waals surface area contributed by atoms with E-state index in [0.717, 1.165) is 33.3 Å². The van der Waals surface area contributed by atoms with Crippen molar-refractivity contribution in [1.82, 2.24) is 24.9 Å². The Labute approximate surface area is 152 Å². The van der Waals surface area contributed by atoms with Crippen LogP contribution in [-0.4, -0.2) is 32.0 Å². The Morgan fingerprint density at radius 2 is 2.04 bits per heavy atom. The normalized spacial score (nSPS) is 11.0. The molecule has 3 heterocycles. The second-order valence-corrected chi connectivity index (χ2v) is 7.16. The average Bonchev–Trinajstić information content (AvgIpc) is 3.34. The van der Waals surface area contributed by atoms with Crippen LogP contribution in [0.3, 0.4) is 0 Å². The monoisotopic (exact) mass is 369 g/mol. The van der Waals surface area contributed by atoms with Gasteiger partial charge in [-0.1, -0.05) is 30.3 Å². The van der Waals surface area contributed by atoms with Crippen LogP contribution in [0.2, 0.25) is 0 Å². The topological polar surface area (TPSA) is 72.2 Å². The van der Waals surface area contributed by atoms with E-state index in [2.05, 4.69) is 20.4 Å². The summed E-state index contributed by atoms with van der Waals surface area (Å²) >= 11 is 3.11. The summed E-state index contributed by atoms with van der Waals surface area (Å²) in [4.78, 5) is 21.7. The first-order valence-electron chi connectivity index (χ1n) is 7.82. The van der Waals surface area contributed by atoms with E-state index in [4.69, 9.17) is 0 Å². The predicted octanol–water partition coefficient (Wildman–Crippen LogP) is 2.82. The smallest absolute Gasteiger partial charge is 0.226 e. The summed E-state index contributed by atoms with van der Waals surface area (Å²) in [6.45, 7) is 0.570. The van der Waals surface area contributed by atoms with Crippen molar-refractivity contribution in [3.05, 3.63) is 58.8 Å². The molecule has 1 aromatic carbocycles. The number of hydrogen-bond donors (Lipinski definition) is 1. The lowest BCUT2D eigenvalue weighted by Crippen LogP contribution is -2.27. The highest BCUT2D eigenvalue weighted by Gasteiger charge is 2.10. The van der Waals surface area contributed by atoms with Crippen molar-refractivity contribution in [2.75, 3.05) is 6.54 Å². The molecule has 0 radical (unpaired) electrons. The summed E-state index contributed by atoms with van der Waals surface area (Å²) < 4.78 is 1.81. The molecule has 0 bridgehead atoms. The number of carbonyl (C=O) groups excluding carboxylic acids is 1. The highest BCUT2D eigenvalue weighted by molar-refractivity contribution is 7.15. The molecule has 0 aliphatic heterocycles. The van der Waals surface area contributed by atoms with Crippen LogP contribution in [0.4, 0.5) is 0 Å². The van der Waals surface area contributed by atoms with E-state index in [9.17, 15) is 4.79 Å². The Hall–Kier alpha value is -2.58. The molecule has 0 atom stereocenters. The molecule has 0 saturated heterocycles. The van der Waals surface area contributed by atoms with Crippen molar-refractivity contribution >= 4 is 33.5 Å². The van der Waals surface area contributed by atoms with Crippen molar-refractivity contribution in [2.24, 2.45) is 0 Å². The third kappa shape index (κ3) is 3.59. The van der Waals surface area contributed by atoms with Gasteiger partial charge in [0.1, 0.15) is 11.3 Å². The molecule has 0 saturated carbocycles. The first kappa shape index (κ1) is 15.9. The molecule has 0 spiro atoms. The first-order chi connectivity index (χ1) is 12.3. The summed E-state index contributed by atoms with van der Waals surface area (Å²) in [6, 6.07) is 9.99. The summed E-state index contributed by atoms with van der Waals surface area (Å²) in [6.07, 6.45) is 2.56. The van der Waals surface area contributed by atoms with Gasteiger partial charge >= 0.3 is 0 Å². The van der Waals surface area contributed by atoms with Crippen LogP contribution in [0.5, 0.6) is 0 Å². The number of amides is 1. The quantitative estimate of drug-likeness (QED) is 0.567. The van der Waals surface area contributed by atoms with Gasteiger partial charge in [-0.3, -0.25) is 4.79 Å². The van der Waals surface area contributed by atoms with Gasteiger partial charge in [-0.05, 0) is 0 Å². The number of aromatic nitrogens is 4. The zero-order valence-corrected chi connectivity index (χ0v) is 14.9. The number of rotatable bonds is 6. The van der Waals surface area contributed by atoms with E-state index in [-0.39, 0.29) is 5.91 Å². The summed E-state index contributed by atoms with van der Waals surface area (Å²) in [5, 5.41) is 12.0. The minimum absolute atomic E-state index is 0.0185. The fourth-order valence-corrected chi connectivity index (χ4v) is 4.16. The van der Waals surface area contributed by atoms with Crippen molar-refractivity contribution in [2.45, 2.75) is 12.8 Å². The Morgan fingerprint density at radius 1 is 1.16 bits per heavy atom. The summed E-state index contributed by atoms with van der Waals surface area (Å²) in [7, 11) is 0. The Morgan fingerprint density at radius 3 is 2.92 bits per heavy atom. The minimum atomic E-state index is -0.0185. The van der Waals surface area contributed by atoms with E-state index < -0.39 is 0 Å². The fourth-order valence-electron chi connectivity index (χ4n) is 2.50. The van der Waals surface area contributed by atoms with Crippen molar-refractivity contribution in [3.63, 3.8) is 0 Å². The van der Waals surface area contributed by atoms with Gasteiger partial charge in [0, 0.05) is 29.3 Å². The Kier molecular flexibility index (Phi) is 4.53. The number of nitrogens with zero attached hydrogens (tertiary/aromatic N) is 4. The number of benzene rings is 1. The molecule has 6 nitrogen and oxygen atoms in total. The molecule has 0 aliphatic carbocycles. The molecular weight excluding hydrogens is 354 g/mol. The standard InChI is InChI=1S/C17H15N5OS2/c23-15(18-7-6-14-10-25-17-19-11-20-22(14)17)8-13-9-24-16(21-13)12-4-2-1-3-5-12/h1-5,9-11H,6-8H2,(H,18,23). The molecule has 8 heteroatoms. The van der Waals surface area contributed by atoms with E-state index in [1.807, 2.05) is 45.6 Å². The summed E-state index contributed by atoms with van der Waals surface area (Å²) in [5.41, 5.74) is 2.93. The Balaban J connectivity index is 1.30. The van der Waals surface area contributed by atoms with Gasteiger partial charge in [0.25, 0.3) is 0 Å². The van der Waals surface area contributed by atoms with Crippen LogP contribution >= 0.6 is 22.7 Å². The Bertz CT molecular complexity index is 989. The maximum Gasteiger partial charge on any atom is 0.226 e. The third-order valence-corrected chi connectivity index (χ3v) is 5.53. The molecule has 1 amide bonds. The van der Waals surface area contributed by atoms with Gasteiger partial charge in [-0.25, -0.2) is 14.5 Å². The van der Waals surface area contributed by atoms with Gasteiger partial charge in [0.2, 0.25) is 10.9 Å². The molecule has 0 unspecified atom stereocenters. The maximum atomic E-state index is 12.1. The van der Waals surface area contributed by atoms with Crippen molar-refractivity contribution in [3.8, 4) is 10.6 Å². The van der Waals surface area contributed by atoms with Gasteiger partial charge in [-0.2, -0.15) is 5.10 Å². The van der Waals surface area contributed by atoms with E-state index >= 15 is 0 Å². The fraction of sp³-hybridized carbons (Fsp3) is 0.176. The van der Waals surface area contributed by atoms with Gasteiger partial charge < -0.3 is 5.32 Å². The second-order valence-electron chi connectivity index (χ2n) is 5.47. The molecule has 25 heavy (non-hydrogen) atoms. The first-order valence-corrected chi connectivity index (χ1v) is 9.58. The molecular formula is C17H15N5OS2. The van der Waals surface area contributed by atoms with Gasteiger partial charge in [0.15, 0.2) is 0 Å². The average molecular weight is 369 g/mol. The van der Waals surface area contributed by atoms with Crippen molar-refractivity contribution < 1.29 is 4.79 Å². The van der Waals surface area contributed by atoms with Crippen LogP contribution in [-0.2, 0) is 17.6 Å².